The molecule has 0 spiro atoms. The minimum atomic E-state index is -1.96. The summed E-state index contributed by atoms with van der Waals surface area (Å²) in [6.45, 7) is 7.47. The highest BCUT2D eigenvalue weighted by molar-refractivity contribution is 7.13. The summed E-state index contributed by atoms with van der Waals surface area (Å²) in [6.07, 6.45) is 1.07. The van der Waals surface area contributed by atoms with Crippen LogP contribution in [0.4, 0.5) is 4.39 Å². The maximum atomic E-state index is 14.5. The number of rotatable bonds is 14. The van der Waals surface area contributed by atoms with Gasteiger partial charge in [0.05, 0.1) is 22.2 Å². The number of ketones is 1. The number of unbranched alkanes of at least 4 members (excludes halogenated alkanes) is 1. The number of alkyl halides is 1. The molecule has 1 aliphatic carbocycles. The largest absolute Gasteiger partial charge is 0.485 e. The van der Waals surface area contributed by atoms with Gasteiger partial charge in [-0.25, -0.2) is 9.37 Å². The number of likely N-dealkylation sites (tertiary alicyclic amines) is 1. The monoisotopic (exact) mass is 645 g/mol. The van der Waals surface area contributed by atoms with E-state index in [2.05, 4.69) is 15.6 Å². The number of ether oxygens (including phenoxy) is 1. The third-order valence-corrected chi connectivity index (χ3v) is 9.15. The van der Waals surface area contributed by atoms with Crippen molar-refractivity contribution >= 4 is 34.8 Å². The maximum Gasteiger partial charge on any atom is 0.258 e. The summed E-state index contributed by atoms with van der Waals surface area (Å²) in [5.41, 5.74) is 6.89. The number of aliphatic hydroxyl groups excluding tert-OH is 1. The van der Waals surface area contributed by atoms with Gasteiger partial charge in [0.1, 0.15) is 24.4 Å². The van der Waals surface area contributed by atoms with E-state index in [9.17, 15) is 28.7 Å². The van der Waals surface area contributed by atoms with Crippen molar-refractivity contribution in [3.63, 3.8) is 0 Å². The number of nitrogens with one attached hydrogen (secondary N) is 2. The highest BCUT2D eigenvalue weighted by Crippen LogP contribution is 2.40. The SMILES string of the molecule is Cc1ncsc1-c1ccc(CNC(=O)C2C[C@@H](O)CN2C(=O)[C@@H](NC(=O)C2(F)CC2)C(C)(C)C)c(OCC(=O)CCCCN)c1. The molecule has 13 heteroatoms. The van der Waals surface area contributed by atoms with Crippen LogP contribution in [-0.2, 0) is 25.7 Å². The molecule has 0 bridgehead atoms. The molecular formula is C32H44FN5O6S. The van der Waals surface area contributed by atoms with Gasteiger partial charge in [-0.15, -0.1) is 11.3 Å². The summed E-state index contributed by atoms with van der Waals surface area (Å²) in [7, 11) is 0. The van der Waals surface area contributed by atoms with Gasteiger partial charge in [0.25, 0.3) is 5.91 Å². The van der Waals surface area contributed by atoms with Crippen molar-refractivity contribution < 1.29 is 33.4 Å². The number of thiazole rings is 1. The van der Waals surface area contributed by atoms with Crippen molar-refractivity contribution in [3.8, 4) is 16.2 Å². The Bertz CT molecular complexity index is 1400. The first kappa shape index (κ1) is 34.5. The van der Waals surface area contributed by atoms with Crippen molar-refractivity contribution in [1.82, 2.24) is 20.5 Å². The molecule has 3 amide bonds. The van der Waals surface area contributed by atoms with Gasteiger partial charge in [0.15, 0.2) is 11.5 Å². The van der Waals surface area contributed by atoms with Crippen molar-refractivity contribution in [3.05, 3.63) is 35.0 Å². The van der Waals surface area contributed by atoms with Crippen LogP contribution in [-0.4, -0.2) is 82.0 Å². The number of nitrogens with two attached hydrogens (primary N) is 1. The number of amides is 3. The van der Waals surface area contributed by atoms with Crippen molar-refractivity contribution in [1.29, 1.82) is 0 Å². The molecule has 5 N–H and O–H groups in total. The summed E-state index contributed by atoms with van der Waals surface area (Å²) in [4.78, 5) is 58.7. The van der Waals surface area contributed by atoms with E-state index >= 15 is 0 Å². The van der Waals surface area contributed by atoms with Crippen LogP contribution >= 0.6 is 11.3 Å². The van der Waals surface area contributed by atoms with Gasteiger partial charge in [0.2, 0.25) is 11.8 Å². The Morgan fingerprint density at radius 1 is 1.24 bits per heavy atom. The molecule has 1 aromatic carbocycles. The molecule has 246 valence electrons. The molecule has 2 aliphatic rings. The zero-order valence-corrected chi connectivity index (χ0v) is 27.2. The summed E-state index contributed by atoms with van der Waals surface area (Å²) in [5.74, 6) is -1.51. The molecule has 1 saturated carbocycles. The fraction of sp³-hybridized carbons (Fsp3) is 0.594. The zero-order valence-electron chi connectivity index (χ0n) is 26.4. The fourth-order valence-electron chi connectivity index (χ4n) is 5.27. The van der Waals surface area contributed by atoms with E-state index < -0.39 is 47.0 Å². The average molecular weight is 646 g/mol. The lowest BCUT2D eigenvalue weighted by Gasteiger charge is -2.35. The second kappa shape index (κ2) is 14.3. The van der Waals surface area contributed by atoms with Crippen LogP contribution in [0.15, 0.2) is 23.7 Å². The van der Waals surface area contributed by atoms with E-state index in [1.54, 1.807) is 26.3 Å². The van der Waals surface area contributed by atoms with Crippen LogP contribution < -0.4 is 21.1 Å². The first-order valence-electron chi connectivity index (χ1n) is 15.4. The third kappa shape index (κ3) is 8.65. The number of benzene rings is 1. The quantitative estimate of drug-likeness (QED) is 0.228. The van der Waals surface area contributed by atoms with E-state index in [1.165, 1.54) is 16.2 Å². The topological polar surface area (TPSA) is 164 Å². The molecule has 3 atom stereocenters. The van der Waals surface area contributed by atoms with Gasteiger partial charge in [0, 0.05) is 31.5 Å². The van der Waals surface area contributed by atoms with Gasteiger partial charge in [-0.3, -0.25) is 19.2 Å². The highest BCUT2D eigenvalue weighted by Gasteiger charge is 2.53. The van der Waals surface area contributed by atoms with Gasteiger partial charge < -0.3 is 31.1 Å². The number of hydrogen-bond donors (Lipinski definition) is 4. The molecule has 45 heavy (non-hydrogen) atoms. The van der Waals surface area contributed by atoms with Crippen LogP contribution in [0.5, 0.6) is 5.75 Å². The lowest BCUT2D eigenvalue weighted by molar-refractivity contribution is -0.145. The van der Waals surface area contributed by atoms with Crippen molar-refractivity contribution in [2.45, 2.75) is 96.6 Å². The number of nitrogens with zero attached hydrogens (tertiary/aromatic N) is 2. The molecule has 2 fully saturated rings. The molecule has 1 unspecified atom stereocenters. The number of Topliss-reactive ketones (excluding diaryl/α,β-unsaturated/α-hetero) is 1. The van der Waals surface area contributed by atoms with E-state index in [0.717, 1.165) is 22.6 Å². The van der Waals surface area contributed by atoms with Crippen LogP contribution in [0.3, 0.4) is 0 Å². The first-order chi connectivity index (χ1) is 21.2. The van der Waals surface area contributed by atoms with E-state index in [4.69, 9.17) is 10.5 Å². The Morgan fingerprint density at radius 2 is 1.98 bits per heavy atom. The predicted octanol–water partition coefficient (Wildman–Crippen LogP) is 2.81. The number of aryl methyl sites for hydroxylation is 1. The molecule has 1 aliphatic heterocycles. The summed E-state index contributed by atoms with van der Waals surface area (Å²) < 4.78 is 20.4. The van der Waals surface area contributed by atoms with E-state index in [0.29, 0.717) is 30.7 Å². The summed E-state index contributed by atoms with van der Waals surface area (Å²) in [5, 5.41) is 15.9. The summed E-state index contributed by atoms with van der Waals surface area (Å²) >= 11 is 1.48. The Labute approximate surface area is 267 Å². The second-order valence-electron chi connectivity index (χ2n) is 13.0. The second-order valence-corrected chi connectivity index (χ2v) is 13.9. The molecule has 1 saturated heterocycles. The molecule has 4 rings (SSSR count). The maximum absolute atomic E-state index is 14.5. The Balaban J connectivity index is 1.48. The van der Waals surface area contributed by atoms with Crippen LogP contribution in [0, 0.1) is 12.3 Å². The van der Waals surface area contributed by atoms with Crippen LogP contribution in [0.1, 0.15) is 70.6 Å². The highest BCUT2D eigenvalue weighted by atomic mass is 32.1. The van der Waals surface area contributed by atoms with Gasteiger partial charge >= 0.3 is 0 Å². The van der Waals surface area contributed by atoms with Crippen molar-refractivity contribution in [2.24, 2.45) is 11.1 Å². The molecule has 11 nitrogen and oxygen atoms in total. The smallest absolute Gasteiger partial charge is 0.258 e. The average Bonchev–Trinajstić information content (AvgIpc) is 3.39. The number of aromatic nitrogens is 1. The number of aliphatic hydroxyl groups is 1. The number of β-amino-alcohol motifs (C(OH)–C–C–N with tert-alkyl or cyclic N) is 1. The van der Waals surface area contributed by atoms with Gasteiger partial charge in [-0.1, -0.05) is 32.9 Å². The number of carbonyl (C=O) groups is 4. The van der Waals surface area contributed by atoms with Gasteiger partial charge in [-0.05, 0) is 56.2 Å². The Kier molecular flexibility index (Phi) is 11.0. The van der Waals surface area contributed by atoms with E-state index in [-0.39, 0.29) is 44.7 Å². The fourth-order valence-corrected chi connectivity index (χ4v) is 6.07. The van der Waals surface area contributed by atoms with Crippen LogP contribution in [0.2, 0.25) is 0 Å². The first-order valence-corrected chi connectivity index (χ1v) is 16.3. The summed E-state index contributed by atoms with van der Waals surface area (Å²) in [6, 6.07) is 3.43. The zero-order chi connectivity index (χ0) is 32.9. The molecule has 2 heterocycles. The molecule has 1 aromatic heterocycles. The normalized spacial score (nSPS) is 19.6. The molecule has 2 aromatic rings. The molecule has 0 radical (unpaired) electrons. The Hall–Kier alpha value is -3.42. The number of halogens is 1. The number of hydrogen-bond acceptors (Lipinski definition) is 9. The molecular weight excluding hydrogens is 601 g/mol. The van der Waals surface area contributed by atoms with Crippen LogP contribution in [0.25, 0.3) is 10.4 Å². The number of carbonyl (C=O) groups excluding carboxylic acids is 4. The predicted molar refractivity (Wildman–Crippen MR) is 168 cm³/mol. The minimum Gasteiger partial charge on any atom is -0.485 e. The van der Waals surface area contributed by atoms with E-state index in [1.807, 2.05) is 25.1 Å². The third-order valence-electron chi connectivity index (χ3n) is 8.18. The minimum absolute atomic E-state index is 0.0136. The lowest BCUT2D eigenvalue weighted by Crippen LogP contribution is -2.59. The standard InChI is InChI=1S/C32H44FN5O6S/c1-19-26(45-18-36-19)20-8-9-21(25(13-20)44-17-22(39)7-5-6-12-34)15-35-28(41)24-14-23(40)16-38(24)29(42)27(31(2,3)4)37-30(43)32(33)10-11-32/h8-9,13,18,23-24,27,40H,5-7,10-12,14-17,34H2,1-4H3,(H,35,41)(H,37,43)/t23-,24?,27-/m1/s1. The Morgan fingerprint density at radius 3 is 2.60 bits per heavy atom. The van der Waals surface area contributed by atoms with Crippen molar-refractivity contribution in [2.75, 3.05) is 19.7 Å². The lowest BCUT2D eigenvalue weighted by atomic mass is 9.85. The van der Waals surface area contributed by atoms with Gasteiger partial charge in [-0.2, -0.15) is 0 Å².